The first kappa shape index (κ1) is 16.7. The molecule has 23 heavy (non-hydrogen) atoms. The van der Waals surface area contributed by atoms with E-state index in [0.29, 0.717) is 15.8 Å². The summed E-state index contributed by atoms with van der Waals surface area (Å²) >= 11 is 2.24. The monoisotopic (exact) mass is 411 g/mol. The van der Waals surface area contributed by atoms with Gasteiger partial charge in [0, 0.05) is 0 Å². The topological polar surface area (TPSA) is 166 Å². The number of phosphoric acid groups is 1. The molecule has 0 unspecified atom stereocenters. The molecule has 11 nitrogen and oxygen atoms in total. The van der Waals surface area contributed by atoms with Gasteiger partial charge in [-0.15, -0.1) is 0 Å². The maximum absolute atomic E-state index is 10.7. The van der Waals surface area contributed by atoms with Crippen molar-refractivity contribution in [2.24, 2.45) is 0 Å². The van der Waals surface area contributed by atoms with Crippen LogP contribution in [-0.2, 0) is 13.8 Å². The SMILES string of the molecule is Nc1nc([SeH])c2ncn([C@H]3C[C@H](O)[C@@H](COP(=O)(O)O)O3)c2n1. The zero-order valence-corrected chi connectivity index (χ0v) is 14.3. The minimum absolute atomic E-state index is 0.0785. The number of nitrogens with zero attached hydrogens (tertiary/aromatic N) is 4. The molecule has 2 aromatic heterocycles. The molecular weight excluding hydrogens is 396 g/mol. The van der Waals surface area contributed by atoms with Crippen LogP contribution in [0.1, 0.15) is 12.6 Å². The molecule has 0 saturated carbocycles. The number of nitrogens with two attached hydrogens (primary N) is 1. The van der Waals surface area contributed by atoms with Crippen LogP contribution in [0.5, 0.6) is 0 Å². The van der Waals surface area contributed by atoms with Gasteiger partial charge < -0.3 is 0 Å². The number of hydrogen-bond donors (Lipinski definition) is 4. The van der Waals surface area contributed by atoms with Gasteiger partial charge in [-0.05, 0) is 0 Å². The van der Waals surface area contributed by atoms with E-state index >= 15 is 0 Å². The normalized spacial score (nSPS) is 25.3. The predicted octanol–water partition coefficient (Wildman–Crippen LogP) is -2.31. The van der Waals surface area contributed by atoms with E-state index in [2.05, 4.69) is 35.5 Å². The van der Waals surface area contributed by atoms with Gasteiger partial charge in [0.15, 0.2) is 0 Å². The fourth-order valence-corrected chi connectivity index (χ4v) is 3.22. The fourth-order valence-electron chi connectivity index (χ4n) is 2.34. The van der Waals surface area contributed by atoms with Gasteiger partial charge in [-0.2, -0.15) is 0 Å². The maximum atomic E-state index is 10.7. The van der Waals surface area contributed by atoms with Crippen molar-refractivity contribution in [3.63, 3.8) is 0 Å². The summed E-state index contributed by atoms with van der Waals surface area (Å²) in [6.45, 7) is -0.429. The average Bonchev–Trinajstić information content (AvgIpc) is 2.99. The van der Waals surface area contributed by atoms with Gasteiger partial charge in [-0.25, -0.2) is 0 Å². The first-order chi connectivity index (χ1) is 10.7. The zero-order valence-electron chi connectivity index (χ0n) is 11.6. The third-order valence-corrected chi connectivity index (χ3v) is 4.48. The van der Waals surface area contributed by atoms with Crippen molar-refractivity contribution < 1.29 is 28.7 Å². The molecule has 2 aromatic rings. The number of hydrogen-bond acceptors (Lipinski definition) is 8. The number of phosphoric ester groups is 1. The Morgan fingerprint density at radius 1 is 1.52 bits per heavy atom. The number of aromatic nitrogens is 4. The van der Waals surface area contributed by atoms with E-state index in [-0.39, 0.29) is 12.4 Å². The molecule has 1 fully saturated rings. The van der Waals surface area contributed by atoms with E-state index in [1.807, 2.05) is 0 Å². The molecule has 0 bridgehead atoms. The second-order valence-corrected chi connectivity index (χ2v) is 7.08. The molecule has 0 radical (unpaired) electrons. The standard InChI is InChI=1S/C10H14N5O6PSe/c11-10-13-8-7(9(23)14-10)12-3-15(8)6-1-4(16)5(21-6)2-20-22(17,18)19/h3-6,16H,1-2H2,(H2,17,18,19)(H3,11,13,14,23)/t4-,5+,6+/m0/s1. The van der Waals surface area contributed by atoms with Crippen LogP contribution in [0.3, 0.4) is 0 Å². The van der Waals surface area contributed by atoms with Crippen LogP contribution in [0.2, 0.25) is 0 Å². The average molecular weight is 410 g/mol. The number of aliphatic hydroxyl groups excluding tert-OH is 1. The Bertz CT molecular complexity index is 780. The molecule has 5 N–H and O–H groups in total. The summed E-state index contributed by atoms with van der Waals surface area (Å²) in [6, 6.07) is 0. The van der Waals surface area contributed by atoms with Gasteiger partial charge in [-0.3, -0.25) is 0 Å². The molecule has 126 valence electrons. The third kappa shape index (κ3) is 3.54. The number of rotatable bonds is 4. The Morgan fingerprint density at radius 2 is 2.26 bits per heavy atom. The summed E-state index contributed by atoms with van der Waals surface area (Å²) in [7, 11) is -4.63. The van der Waals surface area contributed by atoms with Crippen molar-refractivity contribution >= 4 is 45.5 Å². The van der Waals surface area contributed by atoms with Crippen LogP contribution >= 0.6 is 7.82 Å². The number of ether oxygens (including phenoxy) is 1. The van der Waals surface area contributed by atoms with Crippen molar-refractivity contribution in [1.29, 1.82) is 0 Å². The van der Waals surface area contributed by atoms with Crippen LogP contribution in [0.25, 0.3) is 11.2 Å². The third-order valence-electron chi connectivity index (χ3n) is 3.34. The van der Waals surface area contributed by atoms with Gasteiger partial charge in [0.2, 0.25) is 0 Å². The van der Waals surface area contributed by atoms with E-state index in [1.165, 1.54) is 6.33 Å². The Morgan fingerprint density at radius 3 is 2.96 bits per heavy atom. The first-order valence-electron chi connectivity index (χ1n) is 6.47. The molecule has 0 spiro atoms. The molecule has 0 amide bonds. The van der Waals surface area contributed by atoms with Crippen LogP contribution in [0, 0.1) is 0 Å². The van der Waals surface area contributed by atoms with Crippen molar-refractivity contribution in [3.8, 4) is 0 Å². The second-order valence-electron chi connectivity index (χ2n) is 4.95. The van der Waals surface area contributed by atoms with Crippen molar-refractivity contribution in [1.82, 2.24) is 19.5 Å². The van der Waals surface area contributed by atoms with Gasteiger partial charge in [0.1, 0.15) is 0 Å². The van der Waals surface area contributed by atoms with Crippen LogP contribution < -0.4 is 10.3 Å². The summed E-state index contributed by atoms with van der Waals surface area (Å²) in [5.74, 6) is 0.0785. The molecular formula is C10H14N5O6PSe. The van der Waals surface area contributed by atoms with Crippen LogP contribution in [0.15, 0.2) is 6.33 Å². The van der Waals surface area contributed by atoms with Crippen LogP contribution in [-0.4, -0.2) is 69.2 Å². The second kappa shape index (κ2) is 6.08. The molecule has 3 heterocycles. The van der Waals surface area contributed by atoms with E-state index in [4.69, 9.17) is 20.3 Å². The van der Waals surface area contributed by atoms with Crippen molar-refractivity contribution in [2.45, 2.75) is 24.9 Å². The first-order valence-corrected chi connectivity index (χ1v) is 8.94. The molecule has 1 aliphatic heterocycles. The van der Waals surface area contributed by atoms with Crippen molar-refractivity contribution in [3.05, 3.63) is 6.33 Å². The Balaban J connectivity index is 1.82. The van der Waals surface area contributed by atoms with E-state index in [0.717, 1.165) is 0 Å². The predicted molar refractivity (Wildman–Crippen MR) is 79.0 cm³/mol. The van der Waals surface area contributed by atoms with Gasteiger partial charge in [0.05, 0.1) is 0 Å². The summed E-state index contributed by atoms with van der Waals surface area (Å²) in [5.41, 5.74) is 6.61. The van der Waals surface area contributed by atoms with Crippen LogP contribution in [0.4, 0.5) is 5.95 Å². The summed E-state index contributed by atoms with van der Waals surface area (Å²) in [5, 5.41) is 9.98. The Labute approximate surface area is 137 Å². The zero-order chi connectivity index (χ0) is 16.8. The van der Waals surface area contributed by atoms with Gasteiger partial charge >= 0.3 is 137 Å². The fraction of sp³-hybridized carbons (Fsp3) is 0.500. The van der Waals surface area contributed by atoms with Gasteiger partial charge in [0.25, 0.3) is 0 Å². The number of anilines is 1. The molecule has 1 saturated heterocycles. The molecule has 13 heteroatoms. The van der Waals surface area contributed by atoms with Gasteiger partial charge in [-0.1, -0.05) is 0 Å². The number of imidazole rings is 1. The number of nitrogen functional groups attached to an aromatic ring is 1. The molecule has 0 aliphatic carbocycles. The summed E-state index contributed by atoms with van der Waals surface area (Å²) in [4.78, 5) is 29.7. The number of aliphatic hydroxyl groups is 1. The van der Waals surface area contributed by atoms with Crippen molar-refractivity contribution in [2.75, 3.05) is 12.3 Å². The quantitative estimate of drug-likeness (QED) is 0.318. The Kier molecular flexibility index (Phi) is 4.43. The molecule has 3 rings (SSSR count). The van der Waals surface area contributed by atoms with E-state index in [1.54, 1.807) is 4.57 Å². The Hall–Kier alpha value is -1.10. The molecule has 3 atom stereocenters. The van der Waals surface area contributed by atoms with E-state index < -0.39 is 32.9 Å². The minimum atomic E-state index is -4.63. The molecule has 1 aliphatic rings. The summed E-state index contributed by atoms with van der Waals surface area (Å²) in [6.07, 6.45) is -0.750. The number of fused-ring (bicyclic) bond motifs is 1. The molecule has 0 aromatic carbocycles. The van der Waals surface area contributed by atoms with E-state index in [9.17, 15) is 9.67 Å². The summed E-state index contributed by atoms with van der Waals surface area (Å²) < 4.78 is 22.9.